The van der Waals surface area contributed by atoms with Gasteiger partial charge in [0.15, 0.2) is 0 Å². The summed E-state index contributed by atoms with van der Waals surface area (Å²) in [6.45, 7) is 9.07. The molecular formula is C17H26F2N2. The fraction of sp³-hybridized carbons (Fsp3) is 0.647. The summed E-state index contributed by atoms with van der Waals surface area (Å²) in [4.78, 5) is 2.22. The first-order valence-corrected chi connectivity index (χ1v) is 7.91. The summed E-state index contributed by atoms with van der Waals surface area (Å²) in [6, 6.07) is 4.12. The molecule has 1 atom stereocenters. The normalized spacial score (nSPS) is 18.4. The third-order valence-corrected chi connectivity index (χ3v) is 4.51. The molecule has 1 saturated heterocycles. The lowest BCUT2D eigenvalue weighted by Gasteiger charge is -2.37. The Morgan fingerprint density at radius 1 is 1.14 bits per heavy atom. The highest BCUT2D eigenvalue weighted by molar-refractivity contribution is 5.23. The molecule has 0 bridgehead atoms. The van der Waals surface area contributed by atoms with Gasteiger partial charge in [-0.2, -0.15) is 0 Å². The molecule has 0 amide bonds. The van der Waals surface area contributed by atoms with Crippen LogP contribution < -0.4 is 5.32 Å². The molecule has 118 valence electrons. The minimum atomic E-state index is -0.446. The van der Waals surface area contributed by atoms with Crippen LogP contribution in [0, 0.1) is 17.6 Å². The Bertz CT molecular complexity index is 436. The van der Waals surface area contributed by atoms with Crippen LogP contribution in [0.15, 0.2) is 18.2 Å². The number of halogens is 2. The van der Waals surface area contributed by atoms with Gasteiger partial charge in [-0.05, 0) is 64.8 Å². The first-order valence-electron chi connectivity index (χ1n) is 7.91. The second-order valence-electron chi connectivity index (χ2n) is 6.30. The van der Waals surface area contributed by atoms with E-state index in [0.29, 0.717) is 5.92 Å². The van der Waals surface area contributed by atoms with Gasteiger partial charge >= 0.3 is 0 Å². The molecule has 0 spiro atoms. The number of nitrogens with zero attached hydrogens (tertiary/aromatic N) is 1. The molecule has 1 aromatic carbocycles. The first kappa shape index (κ1) is 16.4. The van der Waals surface area contributed by atoms with Crippen molar-refractivity contribution in [3.63, 3.8) is 0 Å². The fourth-order valence-electron chi connectivity index (χ4n) is 3.25. The van der Waals surface area contributed by atoms with Gasteiger partial charge in [0.05, 0.1) is 0 Å². The van der Waals surface area contributed by atoms with Crippen molar-refractivity contribution in [1.82, 2.24) is 10.2 Å². The molecular weight excluding hydrogens is 270 g/mol. The highest BCUT2D eigenvalue weighted by Crippen LogP contribution is 2.29. The van der Waals surface area contributed by atoms with E-state index < -0.39 is 11.6 Å². The molecule has 1 aromatic rings. The molecule has 1 N–H and O–H groups in total. The maximum Gasteiger partial charge on any atom is 0.130 e. The molecule has 0 aliphatic carbocycles. The summed E-state index contributed by atoms with van der Waals surface area (Å²) in [5.74, 6) is -0.289. The second-order valence-corrected chi connectivity index (χ2v) is 6.30. The summed E-state index contributed by atoms with van der Waals surface area (Å²) >= 11 is 0. The predicted molar refractivity (Wildman–Crippen MR) is 82.2 cm³/mol. The number of rotatable bonds is 5. The van der Waals surface area contributed by atoms with Crippen molar-refractivity contribution < 1.29 is 8.78 Å². The minimum absolute atomic E-state index is 0.195. The summed E-state index contributed by atoms with van der Waals surface area (Å²) in [6.07, 6.45) is 2.27. The van der Waals surface area contributed by atoms with Gasteiger partial charge in [-0.25, -0.2) is 8.78 Å². The SMILES string of the molecule is CC(C)N(CC1CCNCC1)C(C)c1c(F)cccc1F. The Morgan fingerprint density at radius 3 is 2.24 bits per heavy atom. The van der Waals surface area contributed by atoms with Crippen molar-refractivity contribution in [3.05, 3.63) is 35.4 Å². The van der Waals surface area contributed by atoms with Crippen LogP contribution in [0.25, 0.3) is 0 Å². The molecule has 0 aromatic heterocycles. The maximum absolute atomic E-state index is 14.0. The van der Waals surface area contributed by atoms with Gasteiger partial charge in [-0.1, -0.05) is 6.07 Å². The van der Waals surface area contributed by atoms with Crippen LogP contribution in [0.2, 0.25) is 0 Å². The zero-order valence-electron chi connectivity index (χ0n) is 13.2. The molecule has 21 heavy (non-hydrogen) atoms. The van der Waals surface area contributed by atoms with Crippen molar-refractivity contribution >= 4 is 0 Å². The highest BCUT2D eigenvalue weighted by atomic mass is 19.1. The van der Waals surface area contributed by atoms with E-state index in [1.54, 1.807) is 0 Å². The van der Waals surface area contributed by atoms with E-state index in [2.05, 4.69) is 24.1 Å². The number of piperidine rings is 1. The zero-order chi connectivity index (χ0) is 15.4. The van der Waals surface area contributed by atoms with Gasteiger partial charge in [-0.15, -0.1) is 0 Å². The van der Waals surface area contributed by atoms with Crippen molar-refractivity contribution in [2.45, 2.75) is 45.7 Å². The number of hydrogen-bond donors (Lipinski definition) is 1. The monoisotopic (exact) mass is 296 g/mol. The first-order chi connectivity index (χ1) is 10.0. The lowest BCUT2D eigenvalue weighted by atomic mass is 9.95. The Labute approximate surface area is 126 Å². The van der Waals surface area contributed by atoms with Crippen molar-refractivity contribution in [1.29, 1.82) is 0 Å². The molecule has 0 radical (unpaired) electrons. The Balaban J connectivity index is 2.16. The van der Waals surface area contributed by atoms with Gasteiger partial charge in [0.2, 0.25) is 0 Å². The van der Waals surface area contributed by atoms with Gasteiger partial charge in [-0.3, -0.25) is 4.90 Å². The third kappa shape index (κ3) is 4.01. The van der Waals surface area contributed by atoms with Crippen LogP contribution >= 0.6 is 0 Å². The number of nitrogens with one attached hydrogen (secondary N) is 1. The van der Waals surface area contributed by atoms with E-state index in [1.165, 1.54) is 18.2 Å². The van der Waals surface area contributed by atoms with Gasteiger partial charge < -0.3 is 5.32 Å². The van der Waals surface area contributed by atoms with Crippen molar-refractivity contribution in [3.8, 4) is 0 Å². The topological polar surface area (TPSA) is 15.3 Å². The predicted octanol–water partition coefficient (Wildman–Crippen LogP) is 3.74. The van der Waals surface area contributed by atoms with Crippen LogP contribution in [-0.2, 0) is 0 Å². The van der Waals surface area contributed by atoms with Crippen LogP contribution in [0.3, 0.4) is 0 Å². The molecule has 0 saturated carbocycles. The van der Waals surface area contributed by atoms with Gasteiger partial charge in [0.25, 0.3) is 0 Å². The molecule has 1 fully saturated rings. The molecule has 2 rings (SSSR count). The van der Waals surface area contributed by atoms with E-state index in [1.807, 2.05) is 6.92 Å². The highest BCUT2D eigenvalue weighted by Gasteiger charge is 2.27. The van der Waals surface area contributed by atoms with Gasteiger partial charge in [0.1, 0.15) is 11.6 Å². The van der Waals surface area contributed by atoms with Crippen molar-refractivity contribution in [2.75, 3.05) is 19.6 Å². The lowest BCUT2D eigenvalue weighted by Crippen LogP contribution is -2.41. The van der Waals surface area contributed by atoms with Crippen LogP contribution in [-0.4, -0.2) is 30.6 Å². The lowest BCUT2D eigenvalue weighted by molar-refractivity contribution is 0.120. The third-order valence-electron chi connectivity index (χ3n) is 4.51. The fourth-order valence-corrected chi connectivity index (χ4v) is 3.25. The summed E-state index contributed by atoms with van der Waals surface area (Å²) < 4.78 is 28.1. The van der Waals surface area contributed by atoms with Crippen LogP contribution in [0.5, 0.6) is 0 Å². The van der Waals surface area contributed by atoms with Crippen LogP contribution in [0.1, 0.15) is 45.2 Å². The van der Waals surface area contributed by atoms with E-state index in [0.717, 1.165) is 32.5 Å². The average Bonchev–Trinajstić information content (AvgIpc) is 2.45. The Morgan fingerprint density at radius 2 is 1.71 bits per heavy atom. The number of hydrogen-bond acceptors (Lipinski definition) is 2. The smallest absolute Gasteiger partial charge is 0.130 e. The van der Waals surface area contributed by atoms with E-state index in [-0.39, 0.29) is 17.6 Å². The van der Waals surface area contributed by atoms with E-state index >= 15 is 0 Å². The van der Waals surface area contributed by atoms with E-state index in [9.17, 15) is 8.78 Å². The average molecular weight is 296 g/mol. The van der Waals surface area contributed by atoms with Gasteiger partial charge in [0, 0.05) is 24.2 Å². The Kier molecular flexibility index (Phi) is 5.71. The van der Waals surface area contributed by atoms with Crippen LogP contribution in [0.4, 0.5) is 8.78 Å². The molecule has 1 aliphatic heterocycles. The van der Waals surface area contributed by atoms with Crippen molar-refractivity contribution in [2.24, 2.45) is 5.92 Å². The van der Waals surface area contributed by atoms with E-state index in [4.69, 9.17) is 0 Å². The Hall–Kier alpha value is -1.00. The summed E-state index contributed by atoms with van der Waals surface area (Å²) in [5, 5.41) is 3.36. The minimum Gasteiger partial charge on any atom is -0.317 e. The summed E-state index contributed by atoms with van der Waals surface area (Å²) in [5.41, 5.74) is 0.195. The molecule has 2 nitrogen and oxygen atoms in total. The molecule has 1 unspecified atom stereocenters. The maximum atomic E-state index is 14.0. The molecule has 1 heterocycles. The molecule has 4 heteroatoms. The molecule has 1 aliphatic rings. The standard InChI is InChI=1S/C17H26F2N2/c1-12(2)21(11-14-7-9-20-10-8-14)13(3)17-15(18)5-4-6-16(17)19/h4-6,12-14,20H,7-11H2,1-3H3. The largest absolute Gasteiger partial charge is 0.317 e. The quantitative estimate of drug-likeness (QED) is 0.890. The summed E-state index contributed by atoms with van der Waals surface area (Å²) in [7, 11) is 0. The second kappa shape index (κ2) is 7.32. The zero-order valence-corrected chi connectivity index (χ0v) is 13.2. The number of benzene rings is 1.